The molecule has 1 aliphatic heterocycles. The topological polar surface area (TPSA) is 88.5 Å². The van der Waals surface area contributed by atoms with Crippen LogP contribution in [0.5, 0.6) is 5.75 Å². The van der Waals surface area contributed by atoms with Crippen LogP contribution >= 0.6 is 0 Å². The Hall–Kier alpha value is -3.98. The van der Waals surface area contributed by atoms with E-state index in [2.05, 4.69) is 15.3 Å². The zero-order valence-corrected chi connectivity index (χ0v) is 18.3. The summed E-state index contributed by atoms with van der Waals surface area (Å²) in [5, 5.41) is 8.39. The van der Waals surface area contributed by atoms with Gasteiger partial charge >= 0.3 is 0 Å². The van der Waals surface area contributed by atoms with E-state index in [1.54, 1.807) is 24.3 Å². The molecule has 5 aromatic rings. The van der Waals surface area contributed by atoms with Gasteiger partial charge in [0.25, 0.3) is 5.56 Å². The van der Waals surface area contributed by atoms with Crippen molar-refractivity contribution in [3.05, 3.63) is 71.4 Å². The quantitative estimate of drug-likeness (QED) is 0.425. The van der Waals surface area contributed by atoms with E-state index in [0.29, 0.717) is 34.9 Å². The third-order valence-corrected chi connectivity index (χ3v) is 6.36. The van der Waals surface area contributed by atoms with Crippen LogP contribution in [0.4, 0.5) is 0 Å². The number of fused-ring (bicyclic) bond motifs is 3. The number of rotatable bonds is 4. The van der Waals surface area contributed by atoms with E-state index in [1.807, 2.05) is 64.4 Å². The molecule has 9 nitrogen and oxygen atoms in total. The van der Waals surface area contributed by atoms with Gasteiger partial charge in [-0.3, -0.25) is 13.8 Å². The number of hydrogen-bond acceptors (Lipinski definition) is 6. The van der Waals surface area contributed by atoms with Crippen LogP contribution in [-0.4, -0.2) is 48.8 Å². The number of methoxy groups -OCH3 is 1. The summed E-state index contributed by atoms with van der Waals surface area (Å²) in [5.74, 6) is 0.646. The van der Waals surface area contributed by atoms with Crippen LogP contribution < -0.4 is 10.3 Å². The van der Waals surface area contributed by atoms with Crippen LogP contribution in [0.2, 0.25) is 0 Å². The van der Waals surface area contributed by atoms with Gasteiger partial charge in [0.05, 0.1) is 36.5 Å². The van der Waals surface area contributed by atoms with Gasteiger partial charge in [-0.15, -0.1) is 5.10 Å². The molecule has 1 aliphatic rings. The number of aromatic nitrogens is 6. The number of imidazole rings is 1. The average molecular weight is 442 g/mol. The minimum Gasteiger partial charge on any atom is -0.494 e. The van der Waals surface area contributed by atoms with Gasteiger partial charge in [-0.25, -0.2) is 9.67 Å². The van der Waals surface area contributed by atoms with E-state index in [1.165, 1.54) is 0 Å². The highest BCUT2D eigenvalue weighted by molar-refractivity contribution is 5.84. The Morgan fingerprint density at radius 1 is 1.09 bits per heavy atom. The van der Waals surface area contributed by atoms with Crippen LogP contribution in [0, 0.1) is 0 Å². The van der Waals surface area contributed by atoms with Gasteiger partial charge in [-0.2, -0.15) is 0 Å². The van der Waals surface area contributed by atoms with Crippen molar-refractivity contribution in [3.8, 4) is 22.8 Å². The molecule has 0 bridgehead atoms. The molecule has 33 heavy (non-hydrogen) atoms. The van der Waals surface area contributed by atoms with E-state index in [0.717, 1.165) is 17.5 Å². The zero-order chi connectivity index (χ0) is 22.5. The lowest BCUT2D eigenvalue weighted by Gasteiger charge is -2.21. The second-order valence-electron chi connectivity index (χ2n) is 8.11. The van der Waals surface area contributed by atoms with E-state index in [-0.39, 0.29) is 17.7 Å². The second kappa shape index (κ2) is 7.56. The molecular formula is C24H22N6O3. The summed E-state index contributed by atoms with van der Waals surface area (Å²) >= 11 is 0. The van der Waals surface area contributed by atoms with Gasteiger partial charge in [0, 0.05) is 6.61 Å². The third kappa shape index (κ3) is 2.89. The lowest BCUT2D eigenvalue weighted by molar-refractivity contribution is 0.108. The first kappa shape index (κ1) is 19.7. The fourth-order valence-electron chi connectivity index (χ4n) is 4.79. The van der Waals surface area contributed by atoms with Crippen molar-refractivity contribution in [2.75, 3.05) is 13.7 Å². The molecule has 2 unspecified atom stereocenters. The largest absolute Gasteiger partial charge is 0.494 e. The highest BCUT2D eigenvalue weighted by atomic mass is 16.5. The summed E-state index contributed by atoms with van der Waals surface area (Å²) in [6, 6.07) is 15.4. The van der Waals surface area contributed by atoms with Crippen molar-refractivity contribution in [1.29, 1.82) is 0 Å². The summed E-state index contributed by atoms with van der Waals surface area (Å²) in [6.07, 6.45) is 4.04. The molecule has 0 N–H and O–H groups in total. The molecule has 1 saturated heterocycles. The Kier molecular flexibility index (Phi) is 4.51. The summed E-state index contributed by atoms with van der Waals surface area (Å²) < 4.78 is 16.7. The summed E-state index contributed by atoms with van der Waals surface area (Å²) in [4.78, 5) is 18.6. The fourth-order valence-corrected chi connectivity index (χ4v) is 4.79. The first-order chi connectivity index (χ1) is 16.2. The van der Waals surface area contributed by atoms with Crippen LogP contribution in [0.25, 0.3) is 33.6 Å². The monoisotopic (exact) mass is 442 g/mol. The van der Waals surface area contributed by atoms with Crippen molar-refractivity contribution in [2.24, 2.45) is 0 Å². The standard InChI is InChI=1S/C24H22N6O3/c1-15-16(11-12-33-15)29-18-8-4-3-7-17(18)28-14-25-22(23(28)24(29)31)20-13-26-27-30(20)19-9-5-6-10-21(19)32-2/h3-10,13-16H,11-12H2,1-2H3. The van der Waals surface area contributed by atoms with Crippen LogP contribution in [0.1, 0.15) is 19.4 Å². The lowest BCUT2D eigenvalue weighted by Crippen LogP contribution is -2.30. The molecule has 0 aliphatic carbocycles. The van der Waals surface area contributed by atoms with Crippen molar-refractivity contribution in [2.45, 2.75) is 25.5 Å². The second-order valence-corrected chi connectivity index (χ2v) is 8.11. The smallest absolute Gasteiger partial charge is 0.278 e. The molecule has 6 rings (SSSR count). The summed E-state index contributed by atoms with van der Waals surface area (Å²) in [6.45, 7) is 2.65. The highest BCUT2D eigenvalue weighted by Crippen LogP contribution is 2.32. The van der Waals surface area contributed by atoms with E-state index >= 15 is 0 Å². The van der Waals surface area contributed by atoms with Crippen molar-refractivity contribution in [1.82, 2.24) is 28.9 Å². The maximum absolute atomic E-state index is 14.0. The molecule has 2 atom stereocenters. The summed E-state index contributed by atoms with van der Waals surface area (Å²) in [5.41, 5.74) is 3.97. The molecule has 0 saturated carbocycles. The maximum atomic E-state index is 14.0. The number of nitrogens with zero attached hydrogens (tertiary/aromatic N) is 6. The third-order valence-electron chi connectivity index (χ3n) is 6.36. The van der Waals surface area contributed by atoms with Gasteiger partial charge in [-0.1, -0.05) is 29.5 Å². The van der Waals surface area contributed by atoms with E-state index < -0.39 is 0 Å². The maximum Gasteiger partial charge on any atom is 0.278 e. The minimum atomic E-state index is -0.115. The zero-order valence-electron chi connectivity index (χ0n) is 18.3. The minimum absolute atomic E-state index is 0.0487. The molecule has 0 spiro atoms. The first-order valence-electron chi connectivity index (χ1n) is 10.9. The van der Waals surface area contributed by atoms with Crippen molar-refractivity contribution < 1.29 is 9.47 Å². The molecular weight excluding hydrogens is 420 g/mol. The molecule has 0 amide bonds. The van der Waals surface area contributed by atoms with Crippen molar-refractivity contribution >= 4 is 16.6 Å². The molecule has 9 heteroatoms. The van der Waals surface area contributed by atoms with Gasteiger partial charge in [0.15, 0.2) is 0 Å². The Balaban J connectivity index is 1.66. The number of benzene rings is 2. The highest BCUT2D eigenvalue weighted by Gasteiger charge is 2.30. The number of para-hydroxylation sites is 4. The molecule has 2 aromatic carbocycles. The first-order valence-corrected chi connectivity index (χ1v) is 10.9. The Labute approximate surface area is 188 Å². The van der Waals surface area contributed by atoms with Gasteiger partial charge in [-0.05, 0) is 37.6 Å². The average Bonchev–Trinajstić information content (AvgIpc) is 3.59. The molecule has 0 radical (unpaired) electrons. The normalized spacial score (nSPS) is 18.4. The van der Waals surface area contributed by atoms with Crippen molar-refractivity contribution in [3.63, 3.8) is 0 Å². The van der Waals surface area contributed by atoms with Gasteiger partial charge in [0.2, 0.25) is 0 Å². The summed E-state index contributed by atoms with van der Waals surface area (Å²) in [7, 11) is 1.61. The van der Waals surface area contributed by atoms with Gasteiger partial charge < -0.3 is 9.47 Å². The Morgan fingerprint density at radius 2 is 1.88 bits per heavy atom. The molecule has 1 fully saturated rings. The SMILES string of the molecule is COc1ccccc1-n1nncc1-c1ncn2c1c(=O)n(C1CCOC1C)c1ccccc12. The fraction of sp³-hybridized carbons (Fsp3) is 0.250. The van der Waals surface area contributed by atoms with E-state index in [9.17, 15) is 4.79 Å². The Morgan fingerprint density at radius 3 is 2.67 bits per heavy atom. The van der Waals surface area contributed by atoms with Crippen LogP contribution in [0.15, 0.2) is 65.8 Å². The predicted octanol–water partition coefficient (Wildman–Crippen LogP) is 3.26. The molecule has 166 valence electrons. The Bertz CT molecular complexity index is 1550. The van der Waals surface area contributed by atoms with E-state index in [4.69, 9.17) is 9.47 Å². The number of hydrogen-bond donors (Lipinski definition) is 0. The van der Waals surface area contributed by atoms with Gasteiger partial charge in [0.1, 0.15) is 34.7 Å². The molecule has 3 aromatic heterocycles. The predicted molar refractivity (Wildman–Crippen MR) is 123 cm³/mol. The van der Waals surface area contributed by atoms with Crippen LogP contribution in [0.3, 0.4) is 0 Å². The van der Waals surface area contributed by atoms with Crippen LogP contribution in [-0.2, 0) is 4.74 Å². The molecule has 4 heterocycles. The lowest BCUT2D eigenvalue weighted by atomic mass is 10.1. The number of ether oxygens (including phenoxy) is 2.